The summed E-state index contributed by atoms with van der Waals surface area (Å²) in [7, 11) is -3.53. The van der Waals surface area contributed by atoms with E-state index in [2.05, 4.69) is 4.83 Å². The number of aliphatic hydroxyl groups is 1. The van der Waals surface area contributed by atoms with E-state index in [1.165, 1.54) is 12.1 Å². The van der Waals surface area contributed by atoms with E-state index in [-0.39, 0.29) is 11.5 Å². The monoisotopic (exact) mass is 270 g/mol. The second-order valence-electron chi connectivity index (χ2n) is 4.45. The number of nitrogens with one attached hydrogen (secondary N) is 1. The second kappa shape index (κ2) is 5.79. The van der Waals surface area contributed by atoms with Crippen molar-refractivity contribution in [1.29, 1.82) is 0 Å². The third kappa shape index (κ3) is 3.29. The highest BCUT2D eigenvalue weighted by Gasteiger charge is 2.19. The molecule has 100 valence electrons. The summed E-state index contributed by atoms with van der Waals surface area (Å²) in [5.74, 6) is 0. The highest BCUT2D eigenvalue weighted by Crippen LogP contribution is 2.13. The maximum absolute atomic E-state index is 12.1. The van der Waals surface area contributed by atoms with E-state index < -0.39 is 10.0 Å². The van der Waals surface area contributed by atoms with Crippen molar-refractivity contribution in [3.05, 3.63) is 29.8 Å². The molecule has 0 aliphatic carbocycles. The van der Waals surface area contributed by atoms with E-state index in [1.54, 1.807) is 17.1 Å². The van der Waals surface area contributed by atoms with Crippen LogP contribution >= 0.6 is 0 Å². The Balaban J connectivity index is 2.13. The molecule has 1 fully saturated rings. The van der Waals surface area contributed by atoms with Gasteiger partial charge in [0.25, 0.3) is 10.0 Å². The highest BCUT2D eigenvalue weighted by molar-refractivity contribution is 7.89. The minimum Gasteiger partial charge on any atom is -0.392 e. The van der Waals surface area contributed by atoms with Crippen molar-refractivity contribution in [2.24, 2.45) is 0 Å². The van der Waals surface area contributed by atoms with Gasteiger partial charge in [-0.15, -0.1) is 4.83 Å². The Morgan fingerprint density at radius 3 is 2.61 bits per heavy atom. The van der Waals surface area contributed by atoms with Gasteiger partial charge in [-0.3, -0.25) is 0 Å². The van der Waals surface area contributed by atoms with Gasteiger partial charge in [0.05, 0.1) is 11.5 Å². The second-order valence-corrected chi connectivity index (χ2v) is 6.11. The molecule has 0 unspecified atom stereocenters. The summed E-state index contributed by atoms with van der Waals surface area (Å²) in [5, 5.41) is 10.8. The molecule has 5 nitrogen and oxygen atoms in total. The van der Waals surface area contributed by atoms with Gasteiger partial charge in [-0.2, -0.15) is 0 Å². The number of nitrogens with zero attached hydrogens (tertiary/aromatic N) is 1. The molecule has 1 aromatic carbocycles. The first-order valence-electron chi connectivity index (χ1n) is 6.09. The van der Waals surface area contributed by atoms with Crippen LogP contribution < -0.4 is 4.83 Å². The lowest BCUT2D eigenvalue weighted by Crippen LogP contribution is -2.44. The van der Waals surface area contributed by atoms with Crippen molar-refractivity contribution in [1.82, 2.24) is 9.84 Å². The average molecular weight is 270 g/mol. The summed E-state index contributed by atoms with van der Waals surface area (Å²) in [6.07, 6.45) is 3.18. The SMILES string of the molecule is O=S(=O)(NN1CCCCC1)c1cccc(CO)c1. The number of benzene rings is 1. The number of hydrazine groups is 1. The first-order chi connectivity index (χ1) is 8.62. The molecular formula is C12H18N2O3S. The maximum Gasteiger partial charge on any atom is 0.253 e. The zero-order valence-electron chi connectivity index (χ0n) is 10.2. The van der Waals surface area contributed by atoms with Crippen molar-refractivity contribution in [3.63, 3.8) is 0 Å². The summed E-state index contributed by atoms with van der Waals surface area (Å²) in [5.41, 5.74) is 0.594. The van der Waals surface area contributed by atoms with Crippen molar-refractivity contribution < 1.29 is 13.5 Å². The summed E-state index contributed by atoms with van der Waals surface area (Å²) in [6, 6.07) is 6.36. The molecule has 0 bridgehead atoms. The van der Waals surface area contributed by atoms with Gasteiger partial charge >= 0.3 is 0 Å². The molecule has 6 heteroatoms. The minimum atomic E-state index is -3.53. The number of hydrogen-bond donors (Lipinski definition) is 2. The largest absolute Gasteiger partial charge is 0.392 e. The zero-order chi connectivity index (χ0) is 13.0. The van der Waals surface area contributed by atoms with E-state index in [0.29, 0.717) is 5.56 Å². The number of aliphatic hydroxyl groups excluding tert-OH is 1. The molecule has 0 aromatic heterocycles. The number of piperidine rings is 1. The predicted octanol–water partition coefficient (Wildman–Crippen LogP) is 0.858. The van der Waals surface area contributed by atoms with Gasteiger partial charge in [0.2, 0.25) is 0 Å². The summed E-state index contributed by atoms with van der Waals surface area (Å²) < 4.78 is 24.3. The molecule has 0 radical (unpaired) electrons. The average Bonchev–Trinajstić information content (AvgIpc) is 2.39. The van der Waals surface area contributed by atoms with Crippen LogP contribution in [0.15, 0.2) is 29.2 Å². The van der Waals surface area contributed by atoms with Crippen LogP contribution in [0.2, 0.25) is 0 Å². The van der Waals surface area contributed by atoms with E-state index in [4.69, 9.17) is 5.11 Å². The molecule has 1 aliphatic rings. The first kappa shape index (κ1) is 13.5. The zero-order valence-corrected chi connectivity index (χ0v) is 11.0. The lowest BCUT2D eigenvalue weighted by atomic mass is 10.2. The van der Waals surface area contributed by atoms with Crippen LogP contribution in [0, 0.1) is 0 Å². The van der Waals surface area contributed by atoms with Crippen molar-refractivity contribution in [2.75, 3.05) is 13.1 Å². The third-order valence-corrected chi connectivity index (χ3v) is 4.37. The Hall–Kier alpha value is -0.950. The van der Waals surface area contributed by atoms with E-state index in [0.717, 1.165) is 32.4 Å². The van der Waals surface area contributed by atoms with E-state index in [9.17, 15) is 8.42 Å². The Bertz CT molecular complexity index is 496. The van der Waals surface area contributed by atoms with Crippen LogP contribution in [0.5, 0.6) is 0 Å². The Morgan fingerprint density at radius 1 is 1.22 bits per heavy atom. The number of hydrogen-bond acceptors (Lipinski definition) is 4. The van der Waals surface area contributed by atoms with E-state index in [1.807, 2.05) is 0 Å². The number of rotatable bonds is 4. The van der Waals surface area contributed by atoms with Gasteiger partial charge in [-0.05, 0) is 30.5 Å². The fourth-order valence-electron chi connectivity index (χ4n) is 2.02. The molecule has 0 spiro atoms. The molecule has 2 rings (SSSR count). The van der Waals surface area contributed by atoms with Crippen molar-refractivity contribution in [3.8, 4) is 0 Å². The van der Waals surface area contributed by atoms with Gasteiger partial charge in [0.1, 0.15) is 0 Å². The molecular weight excluding hydrogens is 252 g/mol. The first-order valence-corrected chi connectivity index (χ1v) is 7.57. The highest BCUT2D eigenvalue weighted by atomic mass is 32.2. The predicted molar refractivity (Wildman–Crippen MR) is 68.1 cm³/mol. The molecule has 2 N–H and O–H groups in total. The lowest BCUT2D eigenvalue weighted by Gasteiger charge is -2.26. The maximum atomic E-state index is 12.1. The molecule has 0 saturated carbocycles. The van der Waals surface area contributed by atoms with Gasteiger partial charge in [0, 0.05) is 13.1 Å². The topological polar surface area (TPSA) is 69.6 Å². The summed E-state index contributed by atoms with van der Waals surface area (Å²) in [4.78, 5) is 2.78. The van der Waals surface area contributed by atoms with Crippen LogP contribution in [0.25, 0.3) is 0 Å². The van der Waals surface area contributed by atoms with Crippen molar-refractivity contribution >= 4 is 10.0 Å². The standard InChI is InChI=1S/C12H18N2O3S/c15-10-11-5-4-6-12(9-11)18(16,17)13-14-7-2-1-3-8-14/h4-6,9,13,15H,1-3,7-8,10H2. The molecule has 1 aromatic rings. The van der Waals surface area contributed by atoms with Crippen LogP contribution in [0.4, 0.5) is 0 Å². The minimum absolute atomic E-state index is 0.160. The van der Waals surface area contributed by atoms with Gasteiger partial charge in [-0.1, -0.05) is 18.6 Å². The molecule has 1 aliphatic heterocycles. The smallest absolute Gasteiger partial charge is 0.253 e. The normalized spacial score (nSPS) is 17.8. The fraction of sp³-hybridized carbons (Fsp3) is 0.500. The summed E-state index contributed by atoms with van der Waals surface area (Å²) in [6.45, 7) is 1.34. The molecule has 0 atom stereocenters. The molecule has 18 heavy (non-hydrogen) atoms. The third-order valence-electron chi connectivity index (χ3n) is 3.00. The van der Waals surface area contributed by atoms with Crippen molar-refractivity contribution in [2.45, 2.75) is 30.8 Å². The molecule has 1 heterocycles. The van der Waals surface area contributed by atoms with Crippen LogP contribution in [0.1, 0.15) is 24.8 Å². The van der Waals surface area contributed by atoms with Gasteiger partial charge in [-0.25, -0.2) is 13.4 Å². The van der Waals surface area contributed by atoms with Crippen LogP contribution in [0.3, 0.4) is 0 Å². The Kier molecular flexibility index (Phi) is 4.34. The fourth-order valence-corrected chi connectivity index (χ4v) is 3.21. The number of sulfonamides is 1. The quantitative estimate of drug-likeness (QED) is 0.851. The summed E-state index contributed by atoms with van der Waals surface area (Å²) >= 11 is 0. The van der Waals surface area contributed by atoms with Crippen LogP contribution in [-0.2, 0) is 16.6 Å². The molecule has 0 amide bonds. The van der Waals surface area contributed by atoms with Gasteiger partial charge < -0.3 is 5.11 Å². The Morgan fingerprint density at radius 2 is 1.94 bits per heavy atom. The van der Waals surface area contributed by atoms with Crippen LogP contribution in [-0.4, -0.2) is 31.6 Å². The van der Waals surface area contributed by atoms with Gasteiger partial charge in [0.15, 0.2) is 0 Å². The lowest BCUT2D eigenvalue weighted by molar-refractivity contribution is 0.200. The Labute approximate surface area is 107 Å². The van der Waals surface area contributed by atoms with E-state index >= 15 is 0 Å². The molecule has 1 saturated heterocycles.